The third-order valence-corrected chi connectivity index (χ3v) is 6.66. The van der Waals surface area contributed by atoms with Crippen LogP contribution in [-0.2, 0) is 17.9 Å². The molecule has 0 unspecified atom stereocenters. The average molecular weight is 471 g/mol. The molecule has 10 heteroatoms. The molecule has 0 spiro atoms. The van der Waals surface area contributed by atoms with E-state index in [4.69, 9.17) is 14.5 Å². The van der Waals surface area contributed by atoms with Crippen LogP contribution in [0.4, 0.5) is 0 Å². The quantitative estimate of drug-likeness (QED) is 0.522. The minimum atomic E-state index is -1.36. The van der Waals surface area contributed by atoms with Crippen molar-refractivity contribution in [3.05, 3.63) is 41.2 Å². The van der Waals surface area contributed by atoms with Crippen LogP contribution in [0.15, 0.2) is 29.8 Å². The molecule has 1 aliphatic rings. The van der Waals surface area contributed by atoms with E-state index in [2.05, 4.69) is 39.8 Å². The summed E-state index contributed by atoms with van der Waals surface area (Å²) in [6, 6.07) is 3.78. The van der Waals surface area contributed by atoms with E-state index in [1.54, 1.807) is 14.0 Å². The second kappa shape index (κ2) is 9.20. The number of fused-ring (bicyclic) bond motifs is 3. The fraction of sp³-hybridized carbons (Fsp3) is 0.435. The van der Waals surface area contributed by atoms with Crippen LogP contribution in [0, 0.1) is 6.92 Å². The zero-order valence-electron chi connectivity index (χ0n) is 19.9. The highest BCUT2D eigenvalue weighted by atomic mass is 32.2. The van der Waals surface area contributed by atoms with Gasteiger partial charge in [-0.15, -0.1) is 4.72 Å². The molecular weight excluding hydrogens is 440 g/mol. The van der Waals surface area contributed by atoms with Gasteiger partial charge in [0.25, 0.3) is 0 Å². The molecule has 2 aromatic heterocycles. The van der Waals surface area contributed by atoms with Gasteiger partial charge in [-0.3, -0.25) is 0 Å². The second-order valence-electron chi connectivity index (χ2n) is 8.41. The fourth-order valence-corrected chi connectivity index (χ4v) is 4.49. The molecule has 176 valence electrons. The van der Waals surface area contributed by atoms with Crippen molar-refractivity contribution >= 4 is 11.4 Å². The number of hydrogen-bond donors (Lipinski definition) is 1. The topological polar surface area (TPSA) is 102 Å². The number of hydrogen-bond acceptors (Lipinski definition) is 7. The summed E-state index contributed by atoms with van der Waals surface area (Å²) in [5, 5.41) is 4.53. The highest BCUT2D eigenvalue weighted by Crippen LogP contribution is 2.40. The van der Waals surface area contributed by atoms with Gasteiger partial charge in [-0.05, 0) is 40.3 Å². The van der Waals surface area contributed by atoms with Crippen molar-refractivity contribution in [2.75, 3.05) is 13.7 Å². The van der Waals surface area contributed by atoms with E-state index in [9.17, 15) is 4.55 Å². The largest absolute Gasteiger partial charge is 0.593 e. The van der Waals surface area contributed by atoms with Crippen LogP contribution in [0.5, 0.6) is 11.5 Å². The molecule has 3 heterocycles. The minimum Gasteiger partial charge on any atom is -0.593 e. The van der Waals surface area contributed by atoms with Crippen LogP contribution in [0.25, 0.3) is 22.9 Å². The van der Waals surface area contributed by atoms with Crippen molar-refractivity contribution in [2.45, 2.75) is 53.2 Å². The first kappa shape index (κ1) is 23.3. The monoisotopic (exact) mass is 470 g/mol. The predicted octanol–water partition coefficient (Wildman–Crippen LogP) is 3.95. The average Bonchev–Trinajstić information content (AvgIpc) is 3.32. The first-order valence-electron chi connectivity index (χ1n) is 10.9. The molecular formula is C23H30N6O3S. The number of allylic oxidation sites excluding steroid dienone is 1. The number of rotatable bonds is 7. The summed E-state index contributed by atoms with van der Waals surface area (Å²) in [7, 11) is 1.62. The number of aromatic nitrogens is 5. The van der Waals surface area contributed by atoms with Crippen LogP contribution < -0.4 is 14.2 Å². The Bertz CT molecular complexity index is 1190. The summed E-state index contributed by atoms with van der Waals surface area (Å²) >= 11 is -1.36. The van der Waals surface area contributed by atoms with Gasteiger partial charge in [0.15, 0.2) is 5.82 Å². The van der Waals surface area contributed by atoms with Crippen molar-refractivity contribution in [2.24, 2.45) is 0 Å². The number of methoxy groups -OCH3 is 1. The molecule has 9 nitrogen and oxygen atoms in total. The SMILES string of the molecule is C=C(C)[S@@+]([O-])N[C@@H](C)c1cc2c(cc1OC)OCCn1cc(-c3nc(C)nn3C(C)C)nc1-2. The minimum absolute atomic E-state index is 0.162. The van der Waals surface area contributed by atoms with Gasteiger partial charge in [-0.2, -0.15) is 5.10 Å². The maximum absolute atomic E-state index is 12.3. The van der Waals surface area contributed by atoms with Crippen LogP contribution in [0.1, 0.15) is 51.2 Å². The number of nitrogens with one attached hydrogen (secondary N) is 1. The summed E-state index contributed by atoms with van der Waals surface area (Å²) in [4.78, 5) is 10.1. The third-order valence-electron chi connectivity index (χ3n) is 5.46. The summed E-state index contributed by atoms with van der Waals surface area (Å²) in [5.41, 5.74) is 2.46. The molecule has 0 bridgehead atoms. The molecule has 0 radical (unpaired) electrons. The Labute approximate surface area is 197 Å². The van der Waals surface area contributed by atoms with Crippen LogP contribution in [-0.4, -0.2) is 42.6 Å². The molecule has 1 aliphatic heterocycles. The molecule has 0 amide bonds. The summed E-state index contributed by atoms with van der Waals surface area (Å²) in [5.74, 6) is 3.59. The fourth-order valence-electron chi connectivity index (χ4n) is 3.84. The second-order valence-corrected chi connectivity index (χ2v) is 9.88. The van der Waals surface area contributed by atoms with E-state index < -0.39 is 11.4 Å². The molecule has 1 aromatic carbocycles. The van der Waals surface area contributed by atoms with Gasteiger partial charge in [0.05, 0.1) is 36.6 Å². The van der Waals surface area contributed by atoms with Crippen molar-refractivity contribution in [1.82, 2.24) is 29.0 Å². The molecule has 3 aromatic rings. The number of aryl methyl sites for hydroxylation is 1. The Morgan fingerprint density at radius 3 is 2.70 bits per heavy atom. The molecule has 0 aliphatic carbocycles. The van der Waals surface area contributed by atoms with Crippen LogP contribution in [0.2, 0.25) is 0 Å². The Morgan fingerprint density at radius 1 is 1.27 bits per heavy atom. The number of benzene rings is 1. The molecule has 2 atom stereocenters. The molecule has 0 saturated carbocycles. The highest BCUT2D eigenvalue weighted by molar-refractivity contribution is 7.93. The molecule has 0 saturated heterocycles. The van der Waals surface area contributed by atoms with E-state index in [1.807, 2.05) is 36.9 Å². The zero-order valence-corrected chi connectivity index (χ0v) is 20.7. The van der Waals surface area contributed by atoms with Gasteiger partial charge in [-0.25, -0.2) is 14.6 Å². The van der Waals surface area contributed by atoms with Gasteiger partial charge in [0.1, 0.15) is 40.4 Å². The maximum Gasteiger partial charge on any atom is 0.178 e. The molecule has 0 fully saturated rings. The molecule has 33 heavy (non-hydrogen) atoms. The molecule has 4 rings (SSSR count). The predicted molar refractivity (Wildman–Crippen MR) is 128 cm³/mol. The van der Waals surface area contributed by atoms with Gasteiger partial charge in [0.2, 0.25) is 0 Å². The van der Waals surface area contributed by atoms with E-state index in [1.165, 1.54) is 0 Å². The van der Waals surface area contributed by atoms with Gasteiger partial charge in [0, 0.05) is 30.8 Å². The Kier molecular flexibility index (Phi) is 6.51. The van der Waals surface area contributed by atoms with Gasteiger partial charge in [-0.1, -0.05) is 0 Å². The van der Waals surface area contributed by atoms with Gasteiger partial charge < -0.3 is 18.6 Å². The smallest absolute Gasteiger partial charge is 0.178 e. The van der Waals surface area contributed by atoms with Crippen molar-refractivity contribution in [1.29, 1.82) is 0 Å². The van der Waals surface area contributed by atoms with Crippen molar-refractivity contribution < 1.29 is 14.0 Å². The summed E-state index contributed by atoms with van der Waals surface area (Å²) in [6.07, 6.45) is 2.00. The first-order chi connectivity index (χ1) is 15.7. The van der Waals surface area contributed by atoms with E-state index in [-0.39, 0.29) is 12.1 Å². The van der Waals surface area contributed by atoms with Crippen LogP contribution in [0.3, 0.4) is 0 Å². The standard InChI is InChI=1S/C23H30N6O3S/c1-13(2)29-23(24-16(6)26-29)19-12-28-8-9-32-21-11-20(31-7)17(10-18(21)22(28)25-19)15(5)27-33(30)14(3)4/h10-13,15,27H,3,8-9H2,1-2,4-7H3/t15-,33+/m0/s1. The van der Waals surface area contributed by atoms with E-state index >= 15 is 0 Å². The van der Waals surface area contributed by atoms with Gasteiger partial charge >= 0.3 is 0 Å². The van der Waals surface area contributed by atoms with E-state index in [0.29, 0.717) is 35.4 Å². The lowest BCUT2D eigenvalue weighted by Gasteiger charge is -2.20. The first-order valence-corrected chi connectivity index (χ1v) is 12.0. The zero-order chi connectivity index (χ0) is 23.9. The van der Waals surface area contributed by atoms with Crippen LogP contribution >= 0.6 is 0 Å². The number of nitrogens with zero attached hydrogens (tertiary/aromatic N) is 5. The number of imidazole rings is 1. The number of ether oxygens (including phenoxy) is 2. The Hall–Kier alpha value is -2.82. The lowest BCUT2D eigenvalue weighted by atomic mass is 10.0. The molecule has 1 N–H and O–H groups in total. The summed E-state index contributed by atoms with van der Waals surface area (Å²) in [6.45, 7) is 14.6. The van der Waals surface area contributed by atoms with Crippen molar-refractivity contribution in [3.8, 4) is 34.4 Å². The van der Waals surface area contributed by atoms with Crippen molar-refractivity contribution in [3.63, 3.8) is 0 Å². The Balaban J connectivity index is 1.81. The highest BCUT2D eigenvalue weighted by Gasteiger charge is 2.26. The maximum atomic E-state index is 12.3. The Morgan fingerprint density at radius 2 is 2.03 bits per heavy atom. The normalized spacial score (nSPS) is 14.8. The third kappa shape index (κ3) is 4.50. The summed E-state index contributed by atoms with van der Waals surface area (Å²) < 4.78 is 31.0. The lowest BCUT2D eigenvalue weighted by Crippen LogP contribution is -2.27. The lowest BCUT2D eigenvalue weighted by molar-refractivity contribution is 0.304. The van der Waals surface area contributed by atoms with E-state index in [0.717, 1.165) is 28.5 Å².